The average molecular weight is 652 g/mol. The molecule has 0 saturated carbocycles. The second-order valence-electron chi connectivity index (χ2n) is 13.1. The summed E-state index contributed by atoms with van der Waals surface area (Å²) in [5.41, 5.74) is 10.5. The van der Waals surface area contributed by atoms with Crippen molar-refractivity contribution in [2.75, 3.05) is 32.8 Å². The van der Waals surface area contributed by atoms with E-state index >= 15 is 0 Å². The molecule has 1 spiro atoms. The molecule has 3 aliphatic rings. The van der Waals surface area contributed by atoms with Gasteiger partial charge in [0, 0.05) is 45.4 Å². The quantitative estimate of drug-likeness (QED) is 0.0641. The van der Waals surface area contributed by atoms with Crippen molar-refractivity contribution in [3.05, 3.63) is 0 Å². The normalized spacial score (nSPS) is 22.8. The highest BCUT2D eigenvalue weighted by molar-refractivity contribution is 5.87. The predicted octanol–water partition coefficient (Wildman–Crippen LogP) is 0.739. The summed E-state index contributed by atoms with van der Waals surface area (Å²) in [6.07, 6.45) is 11.0. The number of guanidine groups is 2. The van der Waals surface area contributed by atoms with Crippen LogP contribution < -0.4 is 32.7 Å². The van der Waals surface area contributed by atoms with E-state index in [1.54, 1.807) is 4.90 Å². The van der Waals surface area contributed by atoms with Crippen molar-refractivity contribution in [3.63, 3.8) is 0 Å². The van der Waals surface area contributed by atoms with Gasteiger partial charge in [0.25, 0.3) is 0 Å². The molecule has 0 aliphatic carbocycles. The Kier molecular flexibility index (Phi) is 14.6. The van der Waals surface area contributed by atoms with Gasteiger partial charge in [0.1, 0.15) is 18.7 Å². The largest absolute Gasteiger partial charge is 0.447 e. The molecule has 0 aromatic rings. The SMILES string of the molecule is CC(C)CCCCCCNC(=O)CCCCC(=O)NCCCCCCNC(=O)OCC1N=C(N)N2CCC(O)(O)C23NC(N)=N[C@@H]13. The van der Waals surface area contributed by atoms with E-state index in [4.69, 9.17) is 16.2 Å². The number of unbranched alkanes of at least 4 members (excludes halogenated alkanes) is 7. The van der Waals surface area contributed by atoms with Gasteiger partial charge in [-0.15, -0.1) is 0 Å². The number of aliphatic imine (C=N–C) groups is 2. The van der Waals surface area contributed by atoms with Crippen LogP contribution in [0.15, 0.2) is 9.98 Å². The number of carbonyl (C=O) groups excluding carboxylic acids is 3. The smallest absolute Gasteiger partial charge is 0.407 e. The standard InChI is InChI=1S/C31H57N9O6/c1-22(2)13-7-3-4-10-17-34-24(41)14-8-9-15-25(42)35-18-11-5-6-12-19-36-29(43)46-21-23-26-31(39-27(32)38-26)30(44,45)16-20-40(31)28(33)37-23/h22-23,26,44-45H,3-21H2,1-2H3,(H2,33,37)(H,34,41)(H,35,42)(H,36,43)(H3,32,38,39)/t23?,26-,31?/m0/s1. The lowest BCUT2D eigenvalue weighted by molar-refractivity contribution is -0.221. The Hall–Kier alpha value is -3.33. The van der Waals surface area contributed by atoms with Crippen molar-refractivity contribution in [3.8, 4) is 0 Å². The van der Waals surface area contributed by atoms with Crippen LogP contribution in [0.4, 0.5) is 4.79 Å². The second kappa shape index (κ2) is 18.1. The molecule has 0 radical (unpaired) electrons. The van der Waals surface area contributed by atoms with Gasteiger partial charge in [0.05, 0.1) is 0 Å². The van der Waals surface area contributed by atoms with Crippen LogP contribution in [0.3, 0.4) is 0 Å². The maximum Gasteiger partial charge on any atom is 0.407 e. The number of nitrogens with one attached hydrogen (secondary N) is 4. The Morgan fingerprint density at radius 3 is 2.04 bits per heavy atom. The van der Waals surface area contributed by atoms with Crippen LogP contribution >= 0.6 is 0 Å². The number of hydrogen-bond donors (Lipinski definition) is 8. The first-order valence-corrected chi connectivity index (χ1v) is 17.1. The summed E-state index contributed by atoms with van der Waals surface area (Å²) in [6, 6.07) is -1.55. The van der Waals surface area contributed by atoms with E-state index in [9.17, 15) is 24.6 Å². The molecule has 0 bridgehead atoms. The van der Waals surface area contributed by atoms with Gasteiger partial charge in [-0.25, -0.2) is 14.8 Å². The van der Waals surface area contributed by atoms with Crippen LogP contribution in [-0.2, 0) is 14.3 Å². The lowest BCUT2D eigenvalue weighted by Gasteiger charge is -2.48. The minimum atomic E-state index is -2.16. The van der Waals surface area contributed by atoms with Crippen LogP contribution in [-0.4, -0.2) is 101 Å². The number of nitrogens with zero attached hydrogens (tertiary/aromatic N) is 3. The highest BCUT2D eigenvalue weighted by atomic mass is 16.5. The number of amides is 3. The van der Waals surface area contributed by atoms with E-state index in [-0.39, 0.29) is 43.3 Å². The first-order valence-electron chi connectivity index (χ1n) is 17.1. The van der Waals surface area contributed by atoms with Crippen LogP contribution in [0.25, 0.3) is 0 Å². The van der Waals surface area contributed by atoms with Gasteiger partial charge in [0.2, 0.25) is 17.6 Å². The summed E-state index contributed by atoms with van der Waals surface area (Å²) in [5.74, 6) is -1.20. The number of alkyl carbamates (subject to hydrolysis) is 1. The summed E-state index contributed by atoms with van der Waals surface area (Å²) >= 11 is 0. The molecule has 3 atom stereocenters. The number of aliphatic hydroxyl groups is 2. The Morgan fingerprint density at radius 2 is 1.46 bits per heavy atom. The van der Waals surface area contributed by atoms with Crippen molar-refractivity contribution in [1.29, 1.82) is 0 Å². The number of hydrogen-bond acceptors (Lipinski definition) is 12. The number of ether oxygens (including phenoxy) is 1. The van der Waals surface area contributed by atoms with Gasteiger partial charge >= 0.3 is 6.09 Å². The van der Waals surface area contributed by atoms with Crippen molar-refractivity contribution >= 4 is 29.8 Å². The van der Waals surface area contributed by atoms with Gasteiger partial charge in [-0.2, -0.15) is 0 Å². The van der Waals surface area contributed by atoms with Crippen molar-refractivity contribution in [1.82, 2.24) is 26.2 Å². The molecule has 15 heteroatoms. The third-order valence-electron chi connectivity index (χ3n) is 8.85. The van der Waals surface area contributed by atoms with E-state index in [1.807, 2.05) is 0 Å². The Morgan fingerprint density at radius 1 is 0.891 bits per heavy atom. The summed E-state index contributed by atoms with van der Waals surface area (Å²) < 4.78 is 5.35. The molecule has 1 fully saturated rings. The van der Waals surface area contributed by atoms with E-state index in [0.717, 1.165) is 51.0 Å². The van der Waals surface area contributed by atoms with Crippen LogP contribution in [0.2, 0.25) is 0 Å². The topological polar surface area (TPSA) is 229 Å². The van der Waals surface area contributed by atoms with Crippen molar-refractivity contribution in [2.45, 2.75) is 127 Å². The number of rotatable bonds is 21. The third kappa shape index (κ3) is 10.6. The third-order valence-corrected chi connectivity index (χ3v) is 8.85. The van der Waals surface area contributed by atoms with E-state index in [1.165, 1.54) is 19.3 Å². The van der Waals surface area contributed by atoms with Crippen LogP contribution in [0.1, 0.15) is 104 Å². The fourth-order valence-electron chi connectivity index (χ4n) is 6.30. The Balaban J connectivity index is 1.15. The maximum atomic E-state index is 12.3. The zero-order valence-corrected chi connectivity index (χ0v) is 27.7. The molecule has 15 nitrogen and oxygen atoms in total. The number of carbonyl (C=O) groups is 3. The lowest BCUT2D eigenvalue weighted by Crippen LogP contribution is -2.76. The highest BCUT2D eigenvalue weighted by Gasteiger charge is 2.69. The molecule has 46 heavy (non-hydrogen) atoms. The molecule has 3 aliphatic heterocycles. The minimum Gasteiger partial charge on any atom is -0.447 e. The summed E-state index contributed by atoms with van der Waals surface area (Å²) in [6.45, 7) is 6.34. The lowest BCUT2D eigenvalue weighted by atomic mass is 9.87. The molecule has 3 heterocycles. The fraction of sp³-hybridized carbons (Fsp3) is 0.839. The monoisotopic (exact) mass is 651 g/mol. The fourth-order valence-corrected chi connectivity index (χ4v) is 6.30. The zero-order valence-electron chi connectivity index (χ0n) is 27.7. The number of nitrogens with two attached hydrogens (primary N) is 2. The van der Waals surface area contributed by atoms with E-state index < -0.39 is 29.6 Å². The van der Waals surface area contributed by atoms with E-state index in [2.05, 4.69) is 45.1 Å². The van der Waals surface area contributed by atoms with Gasteiger partial charge in [-0.1, -0.05) is 52.4 Å². The molecule has 10 N–H and O–H groups in total. The molecular weight excluding hydrogens is 594 g/mol. The van der Waals surface area contributed by atoms with Gasteiger partial charge in [0.15, 0.2) is 17.6 Å². The molecule has 3 amide bonds. The predicted molar refractivity (Wildman–Crippen MR) is 175 cm³/mol. The van der Waals surface area contributed by atoms with Gasteiger partial charge in [-0.05, 0) is 38.0 Å². The summed E-state index contributed by atoms with van der Waals surface area (Å²) in [7, 11) is 0. The first-order chi connectivity index (χ1) is 22.0. The zero-order chi connectivity index (χ0) is 33.6. The van der Waals surface area contributed by atoms with E-state index in [0.29, 0.717) is 38.8 Å². The molecule has 2 unspecified atom stereocenters. The highest BCUT2D eigenvalue weighted by Crippen LogP contribution is 2.44. The minimum absolute atomic E-state index is 0.00673. The Bertz CT molecular complexity index is 1070. The summed E-state index contributed by atoms with van der Waals surface area (Å²) in [4.78, 5) is 46.5. The van der Waals surface area contributed by atoms with Gasteiger partial charge in [-0.3, -0.25) is 9.59 Å². The summed E-state index contributed by atoms with van der Waals surface area (Å²) in [5, 5.41) is 32.9. The maximum absolute atomic E-state index is 12.3. The van der Waals surface area contributed by atoms with Crippen LogP contribution in [0, 0.1) is 5.92 Å². The first kappa shape index (κ1) is 37.1. The molecule has 1 saturated heterocycles. The average Bonchev–Trinajstić information content (AvgIpc) is 3.50. The van der Waals surface area contributed by atoms with Crippen molar-refractivity contribution < 1.29 is 29.3 Å². The molecule has 262 valence electrons. The molecule has 0 aromatic heterocycles. The van der Waals surface area contributed by atoms with Crippen molar-refractivity contribution in [2.24, 2.45) is 27.4 Å². The molecular formula is C31H57N9O6. The van der Waals surface area contributed by atoms with Crippen LogP contribution in [0.5, 0.6) is 0 Å². The second-order valence-corrected chi connectivity index (χ2v) is 13.1. The molecule has 3 rings (SSSR count). The Labute approximate surface area is 272 Å². The molecule has 0 aromatic carbocycles. The van der Waals surface area contributed by atoms with Gasteiger partial charge < -0.3 is 52.6 Å².